The number of anilines is 1. The van der Waals surface area contributed by atoms with Crippen LogP contribution in [0, 0.1) is 0 Å². The summed E-state index contributed by atoms with van der Waals surface area (Å²) in [5.41, 5.74) is 0.660. The molecule has 0 unspecified atom stereocenters. The van der Waals surface area contributed by atoms with Gasteiger partial charge < -0.3 is 9.47 Å². The normalized spacial score (nSPS) is 14.7. The predicted molar refractivity (Wildman–Crippen MR) is 92.7 cm³/mol. The Morgan fingerprint density at radius 2 is 2.00 bits per heavy atom. The van der Waals surface area contributed by atoms with E-state index in [9.17, 15) is 8.42 Å². The van der Waals surface area contributed by atoms with Crippen molar-refractivity contribution in [1.29, 1.82) is 0 Å². The van der Waals surface area contributed by atoms with Crippen molar-refractivity contribution in [1.82, 2.24) is 15.0 Å². The zero-order valence-electron chi connectivity index (χ0n) is 13.7. The lowest BCUT2D eigenvalue weighted by Gasteiger charge is -2.15. The van der Waals surface area contributed by atoms with Gasteiger partial charge in [-0.05, 0) is 23.8 Å². The maximum Gasteiger partial charge on any atom is 0.267 e. The fourth-order valence-electron chi connectivity index (χ4n) is 2.61. The molecule has 26 heavy (non-hydrogen) atoms. The molecule has 1 aliphatic heterocycles. The number of sulfonamides is 1. The van der Waals surface area contributed by atoms with E-state index in [1.54, 1.807) is 36.5 Å². The highest BCUT2D eigenvalue weighted by atomic mass is 32.2. The fourth-order valence-corrected chi connectivity index (χ4v) is 4.19. The van der Waals surface area contributed by atoms with Crippen molar-refractivity contribution in [3.63, 3.8) is 0 Å². The Morgan fingerprint density at radius 1 is 1.12 bits per heavy atom. The molecule has 3 aromatic rings. The quantitative estimate of drug-likeness (QED) is 0.696. The van der Waals surface area contributed by atoms with Gasteiger partial charge in [-0.1, -0.05) is 6.07 Å². The highest BCUT2D eigenvalue weighted by Gasteiger charge is 2.37. The molecule has 4 rings (SSSR count). The molecule has 0 N–H and O–H groups in total. The smallest absolute Gasteiger partial charge is 0.267 e. The first-order valence-electron chi connectivity index (χ1n) is 7.68. The van der Waals surface area contributed by atoms with E-state index >= 15 is 0 Å². The number of hydrogen-bond donors (Lipinski definition) is 0. The van der Waals surface area contributed by atoms with Gasteiger partial charge in [0.1, 0.15) is 11.5 Å². The van der Waals surface area contributed by atoms with E-state index in [0.717, 1.165) is 4.31 Å². The minimum Gasteiger partial charge on any atom is -0.497 e. The summed E-state index contributed by atoms with van der Waals surface area (Å²) in [6.45, 7) is 0.151. The molecule has 9 heteroatoms. The minimum absolute atomic E-state index is 0.0431. The summed E-state index contributed by atoms with van der Waals surface area (Å²) < 4.78 is 37.6. The molecule has 0 bridgehead atoms. The van der Waals surface area contributed by atoms with Gasteiger partial charge in [-0.15, -0.1) is 0 Å². The second-order valence-corrected chi connectivity index (χ2v) is 7.30. The van der Waals surface area contributed by atoms with Gasteiger partial charge in [0, 0.05) is 24.5 Å². The van der Waals surface area contributed by atoms with Crippen molar-refractivity contribution >= 4 is 16.0 Å². The summed E-state index contributed by atoms with van der Waals surface area (Å²) in [7, 11) is -2.27. The standard InChI is InChI=1S/C17H14N4O4S/c1-24-13-5-4-12-11-21(26(22,23)15(12)9-13)17-19-8-6-16(20-17)25-14-3-2-7-18-10-14/h2-10H,11H2,1H3. The number of benzene rings is 1. The van der Waals surface area contributed by atoms with Crippen molar-refractivity contribution in [2.24, 2.45) is 0 Å². The third kappa shape index (κ3) is 2.82. The third-order valence-electron chi connectivity index (χ3n) is 3.85. The molecule has 0 saturated heterocycles. The number of hydrogen-bond acceptors (Lipinski definition) is 7. The van der Waals surface area contributed by atoms with Crippen molar-refractivity contribution < 1.29 is 17.9 Å². The lowest BCUT2D eigenvalue weighted by molar-refractivity contribution is 0.413. The van der Waals surface area contributed by atoms with Gasteiger partial charge >= 0.3 is 0 Å². The van der Waals surface area contributed by atoms with Gasteiger partial charge in [0.2, 0.25) is 11.8 Å². The van der Waals surface area contributed by atoms with Crippen LogP contribution in [-0.4, -0.2) is 30.5 Å². The molecule has 0 aliphatic carbocycles. The summed E-state index contributed by atoms with van der Waals surface area (Å²) in [6, 6.07) is 9.95. The molecule has 3 heterocycles. The van der Waals surface area contributed by atoms with Crippen LogP contribution in [0.5, 0.6) is 17.4 Å². The number of pyridine rings is 1. The van der Waals surface area contributed by atoms with Crippen molar-refractivity contribution in [3.05, 3.63) is 60.6 Å². The topological polar surface area (TPSA) is 94.5 Å². The van der Waals surface area contributed by atoms with Gasteiger partial charge in [0.15, 0.2) is 0 Å². The monoisotopic (exact) mass is 370 g/mol. The Hall–Kier alpha value is -3.20. The SMILES string of the molecule is COc1ccc2c(c1)S(=O)(=O)N(c1nccc(Oc3cccnc3)n1)C2. The van der Waals surface area contributed by atoms with Crippen LogP contribution in [0.4, 0.5) is 5.95 Å². The minimum atomic E-state index is -3.76. The lowest BCUT2D eigenvalue weighted by Crippen LogP contribution is -2.25. The first-order chi connectivity index (χ1) is 12.6. The van der Waals surface area contributed by atoms with Gasteiger partial charge in [0.05, 0.1) is 24.7 Å². The van der Waals surface area contributed by atoms with E-state index in [2.05, 4.69) is 15.0 Å². The predicted octanol–water partition coefficient (Wildman–Crippen LogP) is 2.38. The number of methoxy groups -OCH3 is 1. The molecule has 1 aliphatic rings. The molecule has 0 spiro atoms. The Balaban J connectivity index is 1.67. The summed E-state index contributed by atoms with van der Waals surface area (Å²) in [5.74, 6) is 1.24. The number of aromatic nitrogens is 3. The molecule has 0 fully saturated rings. The van der Waals surface area contributed by atoms with Gasteiger partial charge in [-0.2, -0.15) is 4.98 Å². The summed E-state index contributed by atoms with van der Waals surface area (Å²) in [6.07, 6.45) is 4.62. The highest BCUT2D eigenvalue weighted by molar-refractivity contribution is 7.93. The molecule has 2 aromatic heterocycles. The van der Waals surface area contributed by atoms with Crippen molar-refractivity contribution in [3.8, 4) is 17.4 Å². The van der Waals surface area contributed by atoms with Gasteiger partial charge in [-0.25, -0.2) is 17.7 Å². The molecule has 0 amide bonds. The van der Waals surface area contributed by atoms with Crippen LogP contribution < -0.4 is 13.8 Å². The first kappa shape index (κ1) is 16.3. The summed E-state index contributed by atoms with van der Waals surface area (Å²) >= 11 is 0. The Morgan fingerprint density at radius 3 is 2.77 bits per heavy atom. The molecular formula is C17H14N4O4S. The summed E-state index contributed by atoms with van der Waals surface area (Å²) in [5, 5.41) is 0. The zero-order chi connectivity index (χ0) is 18.1. The molecule has 8 nitrogen and oxygen atoms in total. The second kappa shape index (κ2) is 6.26. The maximum atomic E-state index is 12.9. The number of nitrogens with zero attached hydrogens (tertiary/aromatic N) is 4. The Bertz CT molecular complexity index is 1060. The van der Waals surface area contributed by atoms with E-state index in [4.69, 9.17) is 9.47 Å². The van der Waals surface area contributed by atoms with E-state index in [1.807, 2.05) is 0 Å². The van der Waals surface area contributed by atoms with Gasteiger partial charge in [0.25, 0.3) is 10.0 Å². The average molecular weight is 370 g/mol. The molecule has 0 saturated carbocycles. The van der Waals surface area contributed by atoms with E-state index in [-0.39, 0.29) is 23.3 Å². The number of fused-ring (bicyclic) bond motifs is 1. The fraction of sp³-hybridized carbons (Fsp3) is 0.118. The highest BCUT2D eigenvalue weighted by Crippen LogP contribution is 2.35. The Kier molecular flexibility index (Phi) is 3.92. The lowest BCUT2D eigenvalue weighted by atomic mass is 10.2. The second-order valence-electron chi connectivity index (χ2n) is 5.47. The van der Waals surface area contributed by atoms with E-state index in [0.29, 0.717) is 17.1 Å². The zero-order valence-corrected chi connectivity index (χ0v) is 14.5. The van der Waals surface area contributed by atoms with Gasteiger partial charge in [-0.3, -0.25) is 4.98 Å². The number of ether oxygens (including phenoxy) is 2. The third-order valence-corrected chi connectivity index (χ3v) is 5.66. The number of rotatable bonds is 4. The van der Waals surface area contributed by atoms with Crippen LogP contribution in [0.2, 0.25) is 0 Å². The molecular weight excluding hydrogens is 356 g/mol. The van der Waals surface area contributed by atoms with Crippen molar-refractivity contribution in [2.75, 3.05) is 11.4 Å². The molecule has 1 aromatic carbocycles. The Labute approximate surface area is 150 Å². The van der Waals surface area contributed by atoms with Crippen LogP contribution in [0.1, 0.15) is 5.56 Å². The maximum absolute atomic E-state index is 12.9. The van der Waals surface area contributed by atoms with Crippen LogP contribution in [0.15, 0.2) is 59.9 Å². The van der Waals surface area contributed by atoms with Crippen LogP contribution >= 0.6 is 0 Å². The van der Waals surface area contributed by atoms with E-state index < -0.39 is 10.0 Å². The van der Waals surface area contributed by atoms with E-state index in [1.165, 1.54) is 25.6 Å². The first-order valence-corrected chi connectivity index (χ1v) is 9.12. The molecule has 0 atom stereocenters. The van der Waals surface area contributed by atoms with Crippen LogP contribution in [0.3, 0.4) is 0 Å². The molecule has 132 valence electrons. The van der Waals surface area contributed by atoms with Crippen LogP contribution in [-0.2, 0) is 16.6 Å². The van der Waals surface area contributed by atoms with Crippen LogP contribution in [0.25, 0.3) is 0 Å². The van der Waals surface area contributed by atoms with Crippen molar-refractivity contribution in [2.45, 2.75) is 11.4 Å². The average Bonchev–Trinajstić information content (AvgIpc) is 2.93. The largest absolute Gasteiger partial charge is 0.497 e. The molecule has 0 radical (unpaired) electrons. The summed E-state index contributed by atoms with van der Waals surface area (Å²) in [4.78, 5) is 12.5.